The molecule has 0 aliphatic heterocycles. The first kappa shape index (κ1) is 10.3. The summed E-state index contributed by atoms with van der Waals surface area (Å²) < 4.78 is 4.50. The van der Waals surface area contributed by atoms with Gasteiger partial charge in [-0.3, -0.25) is 4.79 Å². The van der Waals surface area contributed by atoms with E-state index in [1.807, 2.05) is 0 Å². The van der Waals surface area contributed by atoms with Crippen molar-refractivity contribution >= 4 is 24.6 Å². The number of carbonyl (C=O) groups is 2. The van der Waals surface area contributed by atoms with E-state index in [-0.39, 0.29) is 12.2 Å². The van der Waals surface area contributed by atoms with E-state index in [9.17, 15) is 9.59 Å². The van der Waals surface area contributed by atoms with Gasteiger partial charge in [0.05, 0.1) is 5.75 Å². The van der Waals surface area contributed by atoms with Crippen LogP contribution in [0.4, 0.5) is 0 Å². The van der Waals surface area contributed by atoms with Crippen LogP contribution in [0.1, 0.15) is 13.3 Å². The minimum Gasteiger partial charge on any atom is -0.479 e. The molecular formula is C6H10O4S. The average Bonchev–Trinajstić information content (AvgIpc) is 1.99. The molecule has 0 amide bonds. The lowest BCUT2D eigenvalue weighted by Crippen LogP contribution is -2.26. The Morgan fingerprint density at radius 1 is 1.64 bits per heavy atom. The molecule has 1 unspecified atom stereocenters. The van der Waals surface area contributed by atoms with Crippen LogP contribution in [0.25, 0.3) is 0 Å². The molecule has 0 aromatic heterocycles. The molecule has 5 heteroatoms. The van der Waals surface area contributed by atoms with Crippen molar-refractivity contribution in [3.8, 4) is 0 Å². The van der Waals surface area contributed by atoms with Crippen LogP contribution in [0.2, 0.25) is 0 Å². The molecule has 0 spiro atoms. The quantitative estimate of drug-likeness (QED) is 0.481. The van der Waals surface area contributed by atoms with E-state index in [2.05, 4.69) is 17.4 Å². The molecular weight excluding hydrogens is 168 g/mol. The zero-order valence-corrected chi connectivity index (χ0v) is 7.01. The van der Waals surface area contributed by atoms with Crippen LogP contribution in [-0.4, -0.2) is 28.9 Å². The number of hydrogen-bond acceptors (Lipinski definition) is 4. The summed E-state index contributed by atoms with van der Waals surface area (Å²) in [5.41, 5.74) is 0. The fraction of sp³-hybridized carbons (Fsp3) is 0.667. The van der Waals surface area contributed by atoms with E-state index in [0.29, 0.717) is 0 Å². The summed E-state index contributed by atoms with van der Waals surface area (Å²) in [5, 5.41) is 8.42. The Balaban J connectivity index is 3.88. The number of hydrogen-bond donors (Lipinski definition) is 2. The van der Waals surface area contributed by atoms with Crippen molar-refractivity contribution < 1.29 is 19.4 Å². The van der Waals surface area contributed by atoms with E-state index in [1.54, 1.807) is 6.92 Å². The standard InChI is InChI=1S/C6H10O4S/c1-2-4(6(8)9)10-5(7)3-11/h4,11H,2-3H2,1H3,(H,8,9). The molecule has 0 aromatic carbocycles. The third-order valence-corrected chi connectivity index (χ3v) is 1.31. The Morgan fingerprint density at radius 3 is 2.45 bits per heavy atom. The normalized spacial score (nSPS) is 12.2. The predicted octanol–water partition coefficient (Wildman–Crippen LogP) is 0.323. The van der Waals surface area contributed by atoms with Crippen LogP contribution in [0, 0.1) is 0 Å². The number of aliphatic carboxylic acids is 1. The van der Waals surface area contributed by atoms with Crippen molar-refractivity contribution in [3.63, 3.8) is 0 Å². The van der Waals surface area contributed by atoms with Crippen LogP contribution in [0.3, 0.4) is 0 Å². The molecule has 1 atom stereocenters. The third-order valence-electron chi connectivity index (χ3n) is 1.05. The maximum absolute atomic E-state index is 10.5. The van der Waals surface area contributed by atoms with Gasteiger partial charge in [0.15, 0.2) is 6.10 Å². The van der Waals surface area contributed by atoms with Crippen LogP contribution >= 0.6 is 12.6 Å². The van der Waals surface area contributed by atoms with Gasteiger partial charge in [-0.2, -0.15) is 12.6 Å². The highest BCUT2D eigenvalue weighted by atomic mass is 32.1. The Labute approximate surface area is 69.9 Å². The monoisotopic (exact) mass is 178 g/mol. The van der Waals surface area contributed by atoms with Gasteiger partial charge in [-0.15, -0.1) is 0 Å². The van der Waals surface area contributed by atoms with Gasteiger partial charge >= 0.3 is 11.9 Å². The van der Waals surface area contributed by atoms with Crippen molar-refractivity contribution in [2.45, 2.75) is 19.4 Å². The molecule has 0 heterocycles. The summed E-state index contributed by atoms with van der Waals surface area (Å²) in [6.45, 7) is 1.63. The Kier molecular flexibility index (Phi) is 4.69. The van der Waals surface area contributed by atoms with Crippen LogP contribution in [0.5, 0.6) is 0 Å². The number of carboxylic acid groups (broad SMARTS) is 1. The van der Waals surface area contributed by atoms with Crippen LogP contribution in [0.15, 0.2) is 0 Å². The molecule has 0 saturated heterocycles. The van der Waals surface area contributed by atoms with Crippen molar-refractivity contribution in [2.75, 3.05) is 5.75 Å². The Bertz CT molecular complexity index is 157. The molecule has 0 aromatic rings. The van der Waals surface area contributed by atoms with Gasteiger partial charge in [-0.05, 0) is 6.42 Å². The van der Waals surface area contributed by atoms with Crippen molar-refractivity contribution in [1.82, 2.24) is 0 Å². The second-order valence-electron chi connectivity index (χ2n) is 1.88. The van der Waals surface area contributed by atoms with Gasteiger partial charge in [-0.25, -0.2) is 4.79 Å². The Morgan fingerprint density at radius 2 is 2.18 bits per heavy atom. The third kappa shape index (κ3) is 3.87. The fourth-order valence-electron chi connectivity index (χ4n) is 0.504. The summed E-state index contributed by atoms with van der Waals surface area (Å²) >= 11 is 3.63. The van der Waals surface area contributed by atoms with E-state index in [1.165, 1.54) is 0 Å². The highest BCUT2D eigenvalue weighted by Crippen LogP contribution is 1.98. The maximum atomic E-state index is 10.5. The number of rotatable bonds is 4. The molecule has 64 valence electrons. The molecule has 1 N–H and O–H groups in total. The zero-order chi connectivity index (χ0) is 8.85. The maximum Gasteiger partial charge on any atom is 0.345 e. The van der Waals surface area contributed by atoms with Crippen LogP contribution in [-0.2, 0) is 14.3 Å². The first-order valence-corrected chi connectivity index (χ1v) is 3.78. The molecule has 0 rings (SSSR count). The number of ether oxygens (including phenoxy) is 1. The fourth-order valence-corrected chi connectivity index (χ4v) is 0.579. The largest absolute Gasteiger partial charge is 0.479 e. The molecule has 11 heavy (non-hydrogen) atoms. The van der Waals surface area contributed by atoms with Crippen molar-refractivity contribution in [3.05, 3.63) is 0 Å². The molecule has 0 radical (unpaired) electrons. The molecule has 0 fully saturated rings. The lowest BCUT2D eigenvalue weighted by atomic mass is 10.3. The second kappa shape index (κ2) is 5.01. The number of esters is 1. The van der Waals surface area contributed by atoms with E-state index in [0.717, 1.165) is 0 Å². The highest BCUT2D eigenvalue weighted by Gasteiger charge is 2.18. The summed E-state index contributed by atoms with van der Waals surface area (Å²) in [4.78, 5) is 20.8. The molecule has 4 nitrogen and oxygen atoms in total. The van der Waals surface area contributed by atoms with Gasteiger partial charge in [0.1, 0.15) is 0 Å². The van der Waals surface area contributed by atoms with E-state index >= 15 is 0 Å². The summed E-state index contributed by atoms with van der Waals surface area (Å²) in [5.74, 6) is -1.82. The predicted molar refractivity (Wildman–Crippen MR) is 41.7 cm³/mol. The summed E-state index contributed by atoms with van der Waals surface area (Å²) in [6.07, 6.45) is -0.760. The van der Waals surface area contributed by atoms with Gasteiger partial charge < -0.3 is 9.84 Å². The SMILES string of the molecule is CCC(OC(=O)CS)C(=O)O. The topological polar surface area (TPSA) is 63.6 Å². The lowest BCUT2D eigenvalue weighted by molar-refractivity contribution is -0.162. The summed E-state index contributed by atoms with van der Waals surface area (Å²) in [7, 11) is 0. The van der Waals surface area contributed by atoms with Gasteiger partial charge in [0, 0.05) is 0 Å². The molecule has 0 bridgehead atoms. The smallest absolute Gasteiger partial charge is 0.345 e. The second-order valence-corrected chi connectivity index (χ2v) is 2.20. The van der Waals surface area contributed by atoms with E-state index < -0.39 is 18.0 Å². The number of carboxylic acids is 1. The first-order chi connectivity index (χ1) is 5.11. The minimum absolute atomic E-state index is 0.0935. The highest BCUT2D eigenvalue weighted by molar-refractivity contribution is 7.81. The van der Waals surface area contributed by atoms with Gasteiger partial charge in [-0.1, -0.05) is 6.92 Å². The molecule has 0 aliphatic carbocycles. The average molecular weight is 178 g/mol. The Hall–Kier alpha value is -0.710. The van der Waals surface area contributed by atoms with Crippen LogP contribution < -0.4 is 0 Å². The van der Waals surface area contributed by atoms with Gasteiger partial charge in [0.2, 0.25) is 0 Å². The first-order valence-electron chi connectivity index (χ1n) is 3.15. The van der Waals surface area contributed by atoms with E-state index in [4.69, 9.17) is 5.11 Å². The zero-order valence-electron chi connectivity index (χ0n) is 6.11. The number of thiol groups is 1. The van der Waals surface area contributed by atoms with Gasteiger partial charge in [0.25, 0.3) is 0 Å². The lowest BCUT2D eigenvalue weighted by Gasteiger charge is -2.09. The molecule has 0 aliphatic rings. The van der Waals surface area contributed by atoms with Crippen molar-refractivity contribution in [2.24, 2.45) is 0 Å². The summed E-state index contributed by atoms with van der Waals surface area (Å²) in [6, 6.07) is 0. The van der Waals surface area contributed by atoms with Crippen molar-refractivity contribution in [1.29, 1.82) is 0 Å². The molecule has 0 saturated carbocycles. The minimum atomic E-state index is -1.12. The number of carbonyl (C=O) groups excluding carboxylic acids is 1.